The van der Waals surface area contributed by atoms with Crippen LogP contribution in [-0.4, -0.2) is 56.2 Å². The van der Waals surface area contributed by atoms with E-state index in [0.717, 1.165) is 32.1 Å². The molecule has 3 aliphatic carbocycles. The molecule has 0 bridgehead atoms. The first-order chi connectivity index (χ1) is 15.1. The van der Waals surface area contributed by atoms with E-state index in [9.17, 15) is 14.4 Å². The van der Waals surface area contributed by atoms with Gasteiger partial charge in [0.25, 0.3) is 6.10 Å². The number of fused-ring (bicyclic) bond motifs is 5. The third kappa shape index (κ3) is 3.30. The zero-order valence-corrected chi connectivity index (χ0v) is 20.2. The summed E-state index contributed by atoms with van der Waals surface area (Å²) in [5, 5.41) is 0. The zero-order valence-electron chi connectivity index (χ0n) is 20.2. The largest absolute Gasteiger partial charge is 0.467 e. The van der Waals surface area contributed by atoms with Crippen LogP contribution in [0.15, 0.2) is 11.8 Å². The maximum atomic E-state index is 12.3. The number of allylic oxidation sites excluding steroid dienone is 2. The lowest BCUT2D eigenvalue weighted by Gasteiger charge is -2.58. The zero-order chi connectivity index (χ0) is 23.4. The standard InChI is InChI=1S/C25H37NO6/c1-14-13-17-15-7-8-18-24(2,12-10-19(27)26(18)4)16(15)9-11-25(17,3)21(14)32-20(22(28)30-5)23(29)31-6/h8,14-17,20-21H,7,9-13H2,1-6H3/t14-,15+,16-,17-,21-,24+,25-/m0/s1. The minimum Gasteiger partial charge on any atom is -0.467 e. The molecule has 0 radical (unpaired) electrons. The van der Waals surface area contributed by atoms with Gasteiger partial charge in [-0.1, -0.05) is 26.8 Å². The minimum atomic E-state index is -1.35. The van der Waals surface area contributed by atoms with E-state index in [0.29, 0.717) is 24.2 Å². The summed E-state index contributed by atoms with van der Waals surface area (Å²) in [5.41, 5.74) is 1.10. The third-order valence-electron chi connectivity index (χ3n) is 9.36. The monoisotopic (exact) mass is 447 g/mol. The number of hydrogen-bond donors (Lipinski definition) is 0. The summed E-state index contributed by atoms with van der Waals surface area (Å²) in [6.45, 7) is 6.78. The number of piperidine rings is 1. The van der Waals surface area contributed by atoms with E-state index >= 15 is 0 Å². The lowest BCUT2D eigenvalue weighted by Crippen LogP contribution is -2.54. The van der Waals surface area contributed by atoms with Crippen LogP contribution in [0.2, 0.25) is 0 Å². The highest BCUT2D eigenvalue weighted by Crippen LogP contribution is 2.65. The molecule has 1 amide bonds. The minimum absolute atomic E-state index is 0.0235. The van der Waals surface area contributed by atoms with E-state index < -0.39 is 18.0 Å². The molecule has 0 N–H and O–H groups in total. The fourth-order valence-electron chi connectivity index (χ4n) is 7.76. The maximum Gasteiger partial charge on any atom is 0.346 e. The van der Waals surface area contributed by atoms with Crippen molar-refractivity contribution in [1.82, 2.24) is 4.90 Å². The van der Waals surface area contributed by atoms with Gasteiger partial charge in [0.05, 0.1) is 20.3 Å². The van der Waals surface area contributed by atoms with Crippen LogP contribution < -0.4 is 0 Å². The quantitative estimate of drug-likeness (QED) is 0.486. The Bertz CT molecular complexity index is 822. The fourth-order valence-corrected chi connectivity index (χ4v) is 7.76. The highest BCUT2D eigenvalue weighted by atomic mass is 16.6. The second-order valence-electron chi connectivity index (χ2n) is 10.8. The Hall–Kier alpha value is -1.89. The Morgan fingerprint density at radius 3 is 2.41 bits per heavy atom. The Kier molecular flexibility index (Phi) is 5.93. The molecule has 2 saturated carbocycles. The van der Waals surface area contributed by atoms with Crippen molar-refractivity contribution in [3.8, 4) is 0 Å². The molecule has 7 atom stereocenters. The Labute approximate surface area is 190 Å². The summed E-state index contributed by atoms with van der Waals surface area (Å²) in [7, 11) is 4.43. The number of amides is 1. The average molecular weight is 448 g/mol. The molecule has 0 aromatic rings. The number of rotatable bonds is 4. The molecule has 1 heterocycles. The number of ether oxygens (including phenoxy) is 3. The van der Waals surface area contributed by atoms with Crippen molar-refractivity contribution in [2.24, 2.45) is 34.5 Å². The molecule has 0 unspecified atom stereocenters. The van der Waals surface area contributed by atoms with E-state index in [2.05, 4.69) is 26.8 Å². The summed E-state index contributed by atoms with van der Waals surface area (Å²) in [6.07, 6.45) is 6.26. The molecule has 178 valence electrons. The van der Waals surface area contributed by atoms with Gasteiger partial charge in [0, 0.05) is 24.6 Å². The second kappa shape index (κ2) is 8.15. The van der Waals surface area contributed by atoms with E-state index in [1.807, 2.05) is 11.9 Å². The van der Waals surface area contributed by atoms with Gasteiger partial charge in [0.1, 0.15) is 0 Å². The van der Waals surface area contributed by atoms with Crippen LogP contribution in [0.4, 0.5) is 0 Å². The Balaban J connectivity index is 1.62. The smallest absolute Gasteiger partial charge is 0.346 e. The molecule has 4 rings (SSSR count). The number of carbonyl (C=O) groups is 3. The molecular weight excluding hydrogens is 410 g/mol. The summed E-state index contributed by atoms with van der Waals surface area (Å²) in [6, 6.07) is 0. The topological polar surface area (TPSA) is 82.1 Å². The summed E-state index contributed by atoms with van der Waals surface area (Å²) in [4.78, 5) is 38.7. The number of methoxy groups -OCH3 is 2. The van der Waals surface area contributed by atoms with Crippen molar-refractivity contribution in [2.75, 3.05) is 21.3 Å². The predicted molar refractivity (Wildman–Crippen MR) is 117 cm³/mol. The maximum absolute atomic E-state index is 12.3. The fraction of sp³-hybridized carbons (Fsp3) is 0.800. The highest BCUT2D eigenvalue weighted by Gasteiger charge is 2.62. The lowest BCUT2D eigenvalue weighted by atomic mass is 9.49. The van der Waals surface area contributed by atoms with Crippen molar-refractivity contribution >= 4 is 17.8 Å². The van der Waals surface area contributed by atoms with E-state index in [1.54, 1.807) is 0 Å². The van der Waals surface area contributed by atoms with Gasteiger partial charge >= 0.3 is 11.9 Å². The van der Waals surface area contributed by atoms with Crippen molar-refractivity contribution in [3.63, 3.8) is 0 Å². The second-order valence-corrected chi connectivity index (χ2v) is 10.8. The Morgan fingerprint density at radius 1 is 1.12 bits per heavy atom. The van der Waals surface area contributed by atoms with Crippen LogP contribution in [0.25, 0.3) is 0 Å². The van der Waals surface area contributed by atoms with Crippen molar-refractivity contribution in [1.29, 1.82) is 0 Å². The van der Waals surface area contributed by atoms with E-state index in [4.69, 9.17) is 14.2 Å². The van der Waals surface area contributed by atoms with Crippen LogP contribution in [0.1, 0.15) is 59.3 Å². The third-order valence-corrected chi connectivity index (χ3v) is 9.36. The summed E-state index contributed by atoms with van der Waals surface area (Å²) >= 11 is 0. The van der Waals surface area contributed by atoms with Gasteiger partial charge in [-0.2, -0.15) is 0 Å². The molecule has 0 spiro atoms. The van der Waals surface area contributed by atoms with Gasteiger partial charge in [0.15, 0.2) is 0 Å². The van der Waals surface area contributed by atoms with Crippen LogP contribution in [-0.2, 0) is 28.6 Å². The van der Waals surface area contributed by atoms with Gasteiger partial charge in [-0.25, -0.2) is 9.59 Å². The van der Waals surface area contributed by atoms with Crippen molar-refractivity contribution in [3.05, 3.63) is 11.8 Å². The van der Waals surface area contributed by atoms with E-state index in [-0.39, 0.29) is 28.8 Å². The van der Waals surface area contributed by atoms with Crippen LogP contribution in [0.3, 0.4) is 0 Å². The molecule has 0 aromatic heterocycles. The molecule has 1 saturated heterocycles. The molecule has 7 nitrogen and oxygen atoms in total. The van der Waals surface area contributed by atoms with Crippen molar-refractivity contribution in [2.45, 2.75) is 71.5 Å². The number of esters is 2. The normalized spacial score (nSPS) is 40.8. The average Bonchev–Trinajstić information content (AvgIpc) is 3.03. The molecule has 0 aromatic carbocycles. The molecule has 4 aliphatic rings. The first kappa shape index (κ1) is 23.3. The Morgan fingerprint density at radius 2 is 1.78 bits per heavy atom. The predicted octanol–water partition coefficient (Wildman–Crippen LogP) is 3.32. The van der Waals surface area contributed by atoms with Crippen LogP contribution in [0, 0.1) is 34.5 Å². The number of likely N-dealkylation sites (tertiary alicyclic amines) is 1. The first-order valence-corrected chi connectivity index (χ1v) is 11.9. The number of nitrogens with zero attached hydrogens (tertiary/aromatic N) is 1. The molecule has 3 fully saturated rings. The van der Waals surface area contributed by atoms with Gasteiger partial charge in [-0.15, -0.1) is 0 Å². The molecular formula is C25H37NO6. The van der Waals surface area contributed by atoms with Crippen molar-refractivity contribution < 1.29 is 28.6 Å². The molecule has 1 aliphatic heterocycles. The summed E-state index contributed by atoms with van der Waals surface area (Å²) < 4.78 is 15.9. The van der Waals surface area contributed by atoms with Crippen LogP contribution >= 0.6 is 0 Å². The lowest BCUT2D eigenvalue weighted by molar-refractivity contribution is -0.185. The van der Waals surface area contributed by atoms with E-state index in [1.165, 1.54) is 19.9 Å². The molecule has 32 heavy (non-hydrogen) atoms. The first-order valence-electron chi connectivity index (χ1n) is 11.9. The highest BCUT2D eigenvalue weighted by molar-refractivity contribution is 5.98. The molecule has 7 heteroatoms. The summed E-state index contributed by atoms with van der Waals surface area (Å²) in [5.74, 6) is 0.486. The van der Waals surface area contributed by atoms with Crippen LogP contribution in [0.5, 0.6) is 0 Å². The SMILES string of the molecule is COC(=O)C(O[C@H]1[C@@H](C)C[C@H]2[C@@H]3CC=C4N(C)C(=O)CC[C@]4(C)[C@H]3CC[C@@]21C)C(=O)OC. The number of carbonyl (C=O) groups excluding carboxylic acids is 3. The van der Waals surface area contributed by atoms with Gasteiger partial charge in [-0.3, -0.25) is 4.79 Å². The number of hydrogen-bond acceptors (Lipinski definition) is 6. The van der Waals surface area contributed by atoms with Gasteiger partial charge in [0.2, 0.25) is 5.91 Å². The van der Waals surface area contributed by atoms with Gasteiger partial charge < -0.3 is 19.1 Å². The van der Waals surface area contributed by atoms with Gasteiger partial charge in [-0.05, 0) is 61.2 Å².